The molecule has 0 unspecified atom stereocenters. The third kappa shape index (κ3) is 2.34. The SMILES string of the molecule is O=C(O)C=Cc1cc(C(F)(F)F)cc2[nH]cnc12. The standard InChI is InChI=1S/C11H7F3N2O2/c12-11(13,14)7-3-6(1-2-9(17)18)10-8(4-7)15-5-16-10/h1-5H,(H,15,16)(H,17,18). The van der Waals surface area contributed by atoms with E-state index < -0.39 is 17.7 Å². The zero-order valence-corrected chi connectivity index (χ0v) is 8.82. The number of H-pyrrole nitrogens is 1. The van der Waals surface area contributed by atoms with Gasteiger partial charge in [0.15, 0.2) is 0 Å². The number of rotatable bonds is 2. The number of aliphatic carboxylic acids is 1. The molecular weight excluding hydrogens is 249 g/mol. The molecule has 7 heteroatoms. The van der Waals surface area contributed by atoms with Crippen molar-refractivity contribution in [3.05, 3.63) is 35.7 Å². The van der Waals surface area contributed by atoms with Crippen molar-refractivity contribution in [1.29, 1.82) is 0 Å². The van der Waals surface area contributed by atoms with E-state index >= 15 is 0 Å². The fourth-order valence-corrected chi connectivity index (χ4v) is 1.53. The van der Waals surface area contributed by atoms with E-state index in [1.807, 2.05) is 0 Å². The van der Waals surface area contributed by atoms with Crippen molar-refractivity contribution >= 4 is 23.1 Å². The van der Waals surface area contributed by atoms with E-state index in [1.165, 1.54) is 6.33 Å². The maximum atomic E-state index is 12.6. The molecule has 0 bridgehead atoms. The number of hydrogen-bond acceptors (Lipinski definition) is 2. The average molecular weight is 256 g/mol. The zero-order chi connectivity index (χ0) is 13.3. The number of carboxylic acids is 1. The number of aromatic nitrogens is 2. The monoisotopic (exact) mass is 256 g/mol. The quantitative estimate of drug-likeness (QED) is 0.812. The topological polar surface area (TPSA) is 66.0 Å². The number of carboxylic acid groups (broad SMARTS) is 1. The molecule has 0 fully saturated rings. The summed E-state index contributed by atoms with van der Waals surface area (Å²) >= 11 is 0. The van der Waals surface area contributed by atoms with E-state index in [4.69, 9.17) is 5.11 Å². The molecule has 1 aromatic carbocycles. The summed E-state index contributed by atoms with van der Waals surface area (Å²) in [5.74, 6) is -1.24. The Kier molecular flexibility index (Phi) is 2.82. The summed E-state index contributed by atoms with van der Waals surface area (Å²) < 4.78 is 37.9. The normalized spacial score (nSPS) is 12.4. The number of carbonyl (C=O) groups is 1. The number of hydrogen-bond donors (Lipinski definition) is 2. The number of imidazole rings is 1. The summed E-state index contributed by atoms with van der Waals surface area (Å²) in [6.07, 6.45) is -1.39. The summed E-state index contributed by atoms with van der Waals surface area (Å²) in [5.41, 5.74) is -0.261. The molecule has 1 aromatic heterocycles. The first-order valence-electron chi connectivity index (χ1n) is 4.83. The Morgan fingerprint density at radius 2 is 2.11 bits per heavy atom. The summed E-state index contributed by atoms with van der Waals surface area (Å²) in [6, 6.07) is 1.79. The third-order valence-electron chi connectivity index (χ3n) is 2.29. The van der Waals surface area contributed by atoms with Crippen molar-refractivity contribution < 1.29 is 23.1 Å². The van der Waals surface area contributed by atoms with Gasteiger partial charge in [-0.1, -0.05) is 0 Å². The van der Waals surface area contributed by atoms with Crippen LogP contribution in [0.15, 0.2) is 24.5 Å². The summed E-state index contributed by atoms with van der Waals surface area (Å²) in [7, 11) is 0. The molecule has 0 amide bonds. The number of alkyl halides is 3. The van der Waals surface area contributed by atoms with Crippen LogP contribution in [0.2, 0.25) is 0 Å². The first-order chi connectivity index (χ1) is 8.38. The Balaban J connectivity index is 2.62. The molecule has 2 aromatic rings. The molecule has 0 atom stereocenters. The van der Waals surface area contributed by atoms with E-state index in [0.717, 1.165) is 24.3 Å². The predicted octanol–water partition coefficient (Wildman–Crippen LogP) is 2.68. The van der Waals surface area contributed by atoms with Crippen molar-refractivity contribution in [3.63, 3.8) is 0 Å². The van der Waals surface area contributed by atoms with Crippen LogP contribution in [0.3, 0.4) is 0 Å². The van der Waals surface area contributed by atoms with Gasteiger partial charge in [-0.2, -0.15) is 13.2 Å². The van der Waals surface area contributed by atoms with E-state index in [2.05, 4.69) is 9.97 Å². The molecule has 0 aliphatic carbocycles. The third-order valence-corrected chi connectivity index (χ3v) is 2.29. The van der Waals surface area contributed by atoms with Crippen LogP contribution in [0.1, 0.15) is 11.1 Å². The lowest BCUT2D eigenvalue weighted by Gasteiger charge is -2.07. The lowest BCUT2D eigenvalue weighted by Crippen LogP contribution is -2.05. The van der Waals surface area contributed by atoms with Gasteiger partial charge < -0.3 is 10.1 Å². The number of nitrogens with one attached hydrogen (secondary N) is 1. The lowest BCUT2D eigenvalue weighted by atomic mass is 10.1. The van der Waals surface area contributed by atoms with Gasteiger partial charge >= 0.3 is 12.1 Å². The summed E-state index contributed by atoms with van der Waals surface area (Å²) in [5, 5.41) is 8.49. The molecule has 4 nitrogen and oxygen atoms in total. The first kappa shape index (κ1) is 12.2. The van der Waals surface area contributed by atoms with E-state index in [1.54, 1.807) is 0 Å². The average Bonchev–Trinajstić information content (AvgIpc) is 2.72. The number of benzene rings is 1. The van der Waals surface area contributed by atoms with Gasteiger partial charge in [-0.3, -0.25) is 0 Å². The van der Waals surface area contributed by atoms with Gasteiger partial charge in [-0.05, 0) is 18.2 Å². The Morgan fingerprint density at radius 3 is 2.72 bits per heavy atom. The Bertz CT molecular complexity index is 629. The highest BCUT2D eigenvalue weighted by atomic mass is 19.4. The molecule has 94 valence electrons. The molecule has 0 saturated heterocycles. The predicted molar refractivity (Wildman–Crippen MR) is 57.8 cm³/mol. The fraction of sp³-hybridized carbons (Fsp3) is 0.0909. The van der Waals surface area contributed by atoms with Crippen LogP contribution in [-0.4, -0.2) is 21.0 Å². The van der Waals surface area contributed by atoms with Gasteiger partial charge in [0.05, 0.1) is 22.9 Å². The fourth-order valence-electron chi connectivity index (χ4n) is 1.53. The second-order valence-electron chi connectivity index (χ2n) is 3.53. The Labute approximate surface area is 98.8 Å². The second kappa shape index (κ2) is 4.17. The largest absolute Gasteiger partial charge is 0.478 e. The van der Waals surface area contributed by atoms with Gasteiger partial charge in [-0.15, -0.1) is 0 Å². The van der Waals surface area contributed by atoms with E-state index in [0.29, 0.717) is 5.52 Å². The summed E-state index contributed by atoms with van der Waals surface area (Å²) in [6.45, 7) is 0. The maximum Gasteiger partial charge on any atom is 0.416 e. The molecule has 1 heterocycles. The first-order valence-corrected chi connectivity index (χ1v) is 4.83. The van der Waals surface area contributed by atoms with Crippen LogP contribution < -0.4 is 0 Å². The van der Waals surface area contributed by atoms with Crippen molar-refractivity contribution in [3.8, 4) is 0 Å². The highest BCUT2D eigenvalue weighted by Gasteiger charge is 2.31. The van der Waals surface area contributed by atoms with Crippen molar-refractivity contribution in [2.45, 2.75) is 6.18 Å². The van der Waals surface area contributed by atoms with Crippen LogP contribution in [0, 0.1) is 0 Å². The number of aromatic amines is 1. The smallest absolute Gasteiger partial charge is 0.416 e. The highest BCUT2D eigenvalue weighted by molar-refractivity contribution is 5.91. The minimum atomic E-state index is -4.49. The van der Waals surface area contributed by atoms with Crippen LogP contribution >= 0.6 is 0 Å². The van der Waals surface area contributed by atoms with Crippen LogP contribution in [0.25, 0.3) is 17.1 Å². The molecule has 0 spiro atoms. The Morgan fingerprint density at radius 1 is 1.39 bits per heavy atom. The molecule has 0 aliphatic heterocycles. The summed E-state index contributed by atoms with van der Waals surface area (Å²) in [4.78, 5) is 16.8. The molecule has 2 N–H and O–H groups in total. The van der Waals surface area contributed by atoms with E-state index in [9.17, 15) is 18.0 Å². The molecular formula is C11H7F3N2O2. The Hall–Kier alpha value is -2.31. The second-order valence-corrected chi connectivity index (χ2v) is 3.53. The van der Waals surface area contributed by atoms with Gasteiger partial charge in [0, 0.05) is 11.6 Å². The highest BCUT2D eigenvalue weighted by Crippen LogP contribution is 2.32. The van der Waals surface area contributed by atoms with Crippen molar-refractivity contribution in [1.82, 2.24) is 9.97 Å². The van der Waals surface area contributed by atoms with Crippen molar-refractivity contribution in [2.75, 3.05) is 0 Å². The maximum absolute atomic E-state index is 12.6. The van der Waals surface area contributed by atoms with Gasteiger partial charge in [-0.25, -0.2) is 9.78 Å². The van der Waals surface area contributed by atoms with Crippen LogP contribution in [-0.2, 0) is 11.0 Å². The zero-order valence-electron chi connectivity index (χ0n) is 8.82. The molecule has 0 radical (unpaired) electrons. The minimum absolute atomic E-state index is 0.100. The molecule has 18 heavy (non-hydrogen) atoms. The lowest BCUT2D eigenvalue weighted by molar-refractivity contribution is -0.137. The molecule has 0 aliphatic rings. The van der Waals surface area contributed by atoms with Gasteiger partial charge in [0.2, 0.25) is 0 Å². The molecule has 0 saturated carbocycles. The van der Waals surface area contributed by atoms with Crippen LogP contribution in [0.5, 0.6) is 0 Å². The molecule has 2 rings (SSSR count). The van der Waals surface area contributed by atoms with E-state index in [-0.39, 0.29) is 11.1 Å². The minimum Gasteiger partial charge on any atom is -0.478 e. The number of nitrogens with zero attached hydrogens (tertiary/aromatic N) is 1. The van der Waals surface area contributed by atoms with Crippen molar-refractivity contribution in [2.24, 2.45) is 0 Å². The van der Waals surface area contributed by atoms with Crippen LogP contribution in [0.4, 0.5) is 13.2 Å². The van der Waals surface area contributed by atoms with Gasteiger partial charge in [0.1, 0.15) is 0 Å². The number of halogens is 3. The number of fused-ring (bicyclic) bond motifs is 1. The van der Waals surface area contributed by atoms with Gasteiger partial charge in [0.25, 0.3) is 0 Å².